The average molecular weight is 225 g/mol. The van der Waals surface area contributed by atoms with Gasteiger partial charge in [-0.15, -0.1) is 5.10 Å². The molecule has 1 saturated heterocycles. The smallest absolute Gasteiger partial charge is 0.245 e. The van der Waals surface area contributed by atoms with Gasteiger partial charge in [-0.1, -0.05) is 0 Å². The van der Waals surface area contributed by atoms with Crippen molar-refractivity contribution in [3.63, 3.8) is 0 Å². The summed E-state index contributed by atoms with van der Waals surface area (Å²) >= 11 is 0. The Morgan fingerprint density at radius 3 is 3.00 bits per heavy atom. The summed E-state index contributed by atoms with van der Waals surface area (Å²) in [6, 6.07) is 0. The van der Waals surface area contributed by atoms with Crippen LogP contribution in [0.15, 0.2) is 6.33 Å². The van der Waals surface area contributed by atoms with Crippen molar-refractivity contribution in [1.29, 1.82) is 0 Å². The zero-order chi connectivity index (χ0) is 11.6. The molecule has 0 aromatic carbocycles. The number of carbonyl (C=O) groups excluding carboxylic acids is 1. The molecular formula is C9H15N5O2. The molecule has 0 saturated carbocycles. The molecule has 1 fully saturated rings. The fraction of sp³-hybridized carbons (Fsp3) is 0.778. The number of rotatable bonds is 2. The van der Waals surface area contributed by atoms with Crippen molar-refractivity contribution < 1.29 is 9.53 Å². The summed E-state index contributed by atoms with van der Waals surface area (Å²) < 4.78 is 6.78. The molecule has 0 unspecified atom stereocenters. The van der Waals surface area contributed by atoms with E-state index >= 15 is 0 Å². The quantitative estimate of drug-likeness (QED) is 0.666. The van der Waals surface area contributed by atoms with Gasteiger partial charge in [-0.2, -0.15) is 0 Å². The highest BCUT2D eigenvalue weighted by molar-refractivity contribution is 5.76. The standard InChI is InChI=1S/C9H15N5O2/c1-9(2)6-16-4-3-14(9)8(15)5-13-7-10-11-12-13/h7H,3-6H2,1-2H3. The molecule has 2 rings (SSSR count). The van der Waals surface area contributed by atoms with Crippen LogP contribution in [0.2, 0.25) is 0 Å². The Labute approximate surface area is 93.4 Å². The minimum Gasteiger partial charge on any atom is -0.377 e. The number of tetrazole rings is 1. The Balaban J connectivity index is 2.03. The molecule has 1 aromatic rings. The molecule has 0 bridgehead atoms. The van der Waals surface area contributed by atoms with E-state index in [4.69, 9.17) is 4.74 Å². The molecule has 1 amide bonds. The van der Waals surface area contributed by atoms with E-state index < -0.39 is 0 Å². The second-order valence-corrected chi connectivity index (χ2v) is 4.42. The number of hydrogen-bond donors (Lipinski definition) is 0. The van der Waals surface area contributed by atoms with Gasteiger partial charge in [-0.05, 0) is 24.3 Å². The molecule has 1 aliphatic heterocycles. The third-order valence-electron chi connectivity index (χ3n) is 2.63. The van der Waals surface area contributed by atoms with E-state index in [9.17, 15) is 4.79 Å². The van der Waals surface area contributed by atoms with E-state index in [0.717, 1.165) is 0 Å². The van der Waals surface area contributed by atoms with Gasteiger partial charge in [0, 0.05) is 6.54 Å². The summed E-state index contributed by atoms with van der Waals surface area (Å²) in [5, 5.41) is 10.7. The predicted octanol–water partition coefficient (Wildman–Crippen LogP) is -0.689. The Bertz CT molecular complexity index is 362. The van der Waals surface area contributed by atoms with Crippen molar-refractivity contribution in [3.8, 4) is 0 Å². The van der Waals surface area contributed by atoms with Crippen molar-refractivity contribution in [3.05, 3.63) is 6.33 Å². The highest BCUT2D eigenvalue weighted by Gasteiger charge is 2.33. The first-order valence-corrected chi connectivity index (χ1v) is 5.18. The van der Waals surface area contributed by atoms with Crippen LogP contribution in [0.1, 0.15) is 13.8 Å². The van der Waals surface area contributed by atoms with Crippen molar-refractivity contribution in [2.45, 2.75) is 25.9 Å². The van der Waals surface area contributed by atoms with Crippen LogP contribution < -0.4 is 0 Å². The van der Waals surface area contributed by atoms with Crippen LogP contribution in [0.5, 0.6) is 0 Å². The normalized spacial score (nSPS) is 19.8. The van der Waals surface area contributed by atoms with E-state index in [1.807, 2.05) is 18.7 Å². The molecule has 88 valence electrons. The number of morpholine rings is 1. The molecule has 0 atom stereocenters. The first kappa shape index (κ1) is 11.0. The molecule has 1 aromatic heterocycles. The van der Waals surface area contributed by atoms with E-state index in [0.29, 0.717) is 19.8 Å². The number of hydrogen-bond acceptors (Lipinski definition) is 5. The summed E-state index contributed by atoms with van der Waals surface area (Å²) in [4.78, 5) is 13.9. The van der Waals surface area contributed by atoms with Crippen molar-refractivity contribution in [1.82, 2.24) is 25.1 Å². The van der Waals surface area contributed by atoms with Gasteiger partial charge in [-0.3, -0.25) is 4.79 Å². The predicted molar refractivity (Wildman–Crippen MR) is 54.4 cm³/mol. The Kier molecular flexibility index (Phi) is 2.86. The topological polar surface area (TPSA) is 73.1 Å². The van der Waals surface area contributed by atoms with Crippen molar-refractivity contribution in [2.75, 3.05) is 19.8 Å². The van der Waals surface area contributed by atoms with Crippen LogP contribution in [-0.4, -0.2) is 56.3 Å². The summed E-state index contributed by atoms with van der Waals surface area (Å²) in [5.74, 6) is 0.0144. The highest BCUT2D eigenvalue weighted by Crippen LogP contribution is 2.19. The molecule has 1 aliphatic rings. The molecule has 0 radical (unpaired) electrons. The molecule has 7 nitrogen and oxygen atoms in total. The van der Waals surface area contributed by atoms with E-state index in [-0.39, 0.29) is 18.0 Å². The molecule has 0 aliphatic carbocycles. The zero-order valence-corrected chi connectivity index (χ0v) is 9.46. The lowest BCUT2D eigenvalue weighted by molar-refractivity contribution is -0.147. The molecular weight excluding hydrogens is 210 g/mol. The van der Waals surface area contributed by atoms with E-state index in [2.05, 4.69) is 15.5 Å². The Morgan fingerprint density at radius 2 is 2.38 bits per heavy atom. The first-order chi connectivity index (χ1) is 7.59. The fourth-order valence-corrected chi connectivity index (χ4v) is 1.80. The van der Waals surface area contributed by atoms with E-state index in [1.54, 1.807) is 0 Å². The Hall–Kier alpha value is -1.50. The van der Waals surface area contributed by atoms with Gasteiger partial charge in [0.05, 0.1) is 18.8 Å². The molecule has 0 N–H and O–H groups in total. The van der Waals surface area contributed by atoms with Crippen molar-refractivity contribution in [2.24, 2.45) is 0 Å². The maximum Gasteiger partial charge on any atom is 0.245 e. The zero-order valence-electron chi connectivity index (χ0n) is 9.46. The second kappa shape index (κ2) is 4.17. The van der Waals surface area contributed by atoms with Gasteiger partial charge < -0.3 is 9.64 Å². The molecule has 16 heavy (non-hydrogen) atoms. The lowest BCUT2D eigenvalue weighted by Gasteiger charge is -2.42. The van der Waals surface area contributed by atoms with E-state index in [1.165, 1.54) is 11.0 Å². The lowest BCUT2D eigenvalue weighted by atomic mass is 10.0. The van der Waals surface area contributed by atoms with Crippen LogP contribution in [0.3, 0.4) is 0 Å². The van der Waals surface area contributed by atoms with Crippen LogP contribution in [0.4, 0.5) is 0 Å². The lowest BCUT2D eigenvalue weighted by Crippen LogP contribution is -2.56. The second-order valence-electron chi connectivity index (χ2n) is 4.42. The minimum atomic E-state index is -0.261. The Morgan fingerprint density at radius 1 is 1.56 bits per heavy atom. The third-order valence-corrected chi connectivity index (χ3v) is 2.63. The van der Waals surface area contributed by atoms with Crippen LogP contribution in [0, 0.1) is 0 Å². The van der Waals surface area contributed by atoms with Gasteiger partial charge in [-0.25, -0.2) is 4.68 Å². The molecule has 0 spiro atoms. The third kappa shape index (κ3) is 2.19. The van der Waals surface area contributed by atoms with Crippen LogP contribution >= 0.6 is 0 Å². The van der Waals surface area contributed by atoms with Gasteiger partial charge >= 0.3 is 0 Å². The summed E-state index contributed by atoms with van der Waals surface area (Å²) in [7, 11) is 0. The molecule has 2 heterocycles. The fourth-order valence-electron chi connectivity index (χ4n) is 1.80. The molecule has 7 heteroatoms. The number of aromatic nitrogens is 4. The maximum absolute atomic E-state index is 12.0. The summed E-state index contributed by atoms with van der Waals surface area (Å²) in [5.41, 5.74) is -0.261. The van der Waals surface area contributed by atoms with Crippen LogP contribution in [-0.2, 0) is 16.1 Å². The minimum absolute atomic E-state index is 0.0144. The van der Waals surface area contributed by atoms with Crippen LogP contribution in [0.25, 0.3) is 0 Å². The highest BCUT2D eigenvalue weighted by atomic mass is 16.5. The SMILES string of the molecule is CC1(C)COCCN1C(=O)Cn1cnnn1. The summed E-state index contributed by atoms with van der Waals surface area (Å²) in [6.07, 6.45) is 1.44. The van der Waals surface area contributed by atoms with Gasteiger partial charge in [0.25, 0.3) is 0 Å². The maximum atomic E-state index is 12.0. The number of amides is 1. The number of nitrogens with zero attached hydrogens (tertiary/aromatic N) is 5. The van der Waals surface area contributed by atoms with Gasteiger partial charge in [0.1, 0.15) is 12.9 Å². The number of ether oxygens (including phenoxy) is 1. The monoisotopic (exact) mass is 225 g/mol. The summed E-state index contributed by atoms with van der Waals surface area (Å²) in [6.45, 7) is 5.93. The first-order valence-electron chi connectivity index (χ1n) is 5.18. The van der Waals surface area contributed by atoms with Gasteiger partial charge in [0.15, 0.2) is 0 Å². The number of carbonyl (C=O) groups is 1. The van der Waals surface area contributed by atoms with Crippen molar-refractivity contribution >= 4 is 5.91 Å². The van der Waals surface area contributed by atoms with Gasteiger partial charge in [0.2, 0.25) is 5.91 Å². The average Bonchev–Trinajstić information content (AvgIpc) is 2.69. The largest absolute Gasteiger partial charge is 0.377 e.